The Morgan fingerprint density at radius 1 is 0.936 bits per heavy atom. The van der Waals surface area contributed by atoms with Crippen molar-refractivity contribution in [3.63, 3.8) is 0 Å². The zero-order valence-electron chi connectivity index (χ0n) is 30.3. The molecule has 0 saturated heterocycles. The van der Waals surface area contributed by atoms with Crippen molar-refractivity contribution in [3.05, 3.63) is 47.5 Å². The molecule has 1 aromatic carbocycles. The average molecular weight is 646 g/mol. The summed E-state index contributed by atoms with van der Waals surface area (Å²) in [6.45, 7) is 20.7. The zero-order valence-corrected chi connectivity index (χ0v) is 30.3. The smallest absolute Gasteiger partial charge is 0.326 e. The third-order valence-electron chi connectivity index (χ3n) is 16.2. The number of amides is 1. The van der Waals surface area contributed by atoms with Crippen LogP contribution in [0.5, 0.6) is 0 Å². The van der Waals surface area contributed by atoms with Crippen molar-refractivity contribution in [1.29, 1.82) is 0 Å². The monoisotopic (exact) mass is 645 g/mol. The van der Waals surface area contributed by atoms with Crippen molar-refractivity contribution in [3.8, 4) is 0 Å². The first kappa shape index (κ1) is 34.4. The molecule has 11 atom stereocenters. The average Bonchev–Trinajstić information content (AvgIpc) is 2.98. The van der Waals surface area contributed by atoms with Crippen molar-refractivity contribution in [2.75, 3.05) is 0 Å². The van der Waals surface area contributed by atoms with Gasteiger partial charge in [0, 0.05) is 17.8 Å². The van der Waals surface area contributed by atoms with Gasteiger partial charge in [0.05, 0.1) is 6.10 Å². The van der Waals surface area contributed by atoms with Crippen LogP contribution in [0.25, 0.3) is 0 Å². The summed E-state index contributed by atoms with van der Waals surface area (Å²) in [4.78, 5) is 41.4. The van der Waals surface area contributed by atoms with E-state index in [9.17, 15) is 24.6 Å². The maximum Gasteiger partial charge on any atom is 0.326 e. The molecule has 0 aromatic heterocycles. The van der Waals surface area contributed by atoms with Gasteiger partial charge in [-0.1, -0.05) is 98.2 Å². The Morgan fingerprint density at radius 2 is 1.60 bits per heavy atom. The van der Waals surface area contributed by atoms with E-state index in [0.29, 0.717) is 18.8 Å². The molecule has 0 spiro atoms. The number of allylic oxidation sites excluding steroid dienone is 2. The number of hydrogen-bond acceptors (Lipinski definition) is 4. The van der Waals surface area contributed by atoms with Crippen LogP contribution in [0.3, 0.4) is 0 Å². The van der Waals surface area contributed by atoms with E-state index in [-0.39, 0.29) is 63.1 Å². The van der Waals surface area contributed by atoms with E-state index in [4.69, 9.17) is 0 Å². The molecule has 1 unspecified atom stereocenters. The van der Waals surface area contributed by atoms with Gasteiger partial charge in [-0.25, -0.2) is 4.79 Å². The molecule has 6 nitrogen and oxygen atoms in total. The Morgan fingerprint density at radius 3 is 2.23 bits per heavy atom. The summed E-state index contributed by atoms with van der Waals surface area (Å²) < 4.78 is 0. The van der Waals surface area contributed by atoms with Crippen molar-refractivity contribution in [2.24, 2.45) is 55.7 Å². The number of ketones is 1. The van der Waals surface area contributed by atoms with E-state index in [1.807, 2.05) is 43.3 Å². The number of carboxylic acid groups (broad SMARTS) is 1. The van der Waals surface area contributed by atoms with E-state index in [0.717, 1.165) is 44.1 Å². The fraction of sp³-hybridized carbons (Fsp3) is 0.732. The zero-order chi connectivity index (χ0) is 34.6. The van der Waals surface area contributed by atoms with E-state index in [2.05, 4.69) is 60.7 Å². The predicted molar refractivity (Wildman–Crippen MR) is 184 cm³/mol. The Hall–Kier alpha value is -2.47. The number of aliphatic carboxylic acids is 1. The van der Waals surface area contributed by atoms with Gasteiger partial charge in [0.2, 0.25) is 5.91 Å². The van der Waals surface area contributed by atoms with Gasteiger partial charge in [0.25, 0.3) is 0 Å². The molecule has 0 radical (unpaired) electrons. The van der Waals surface area contributed by atoms with Gasteiger partial charge in [-0.2, -0.15) is 0 Å². The molecule has 0 heterocycles. The molecule has 6 heteroatoms. The van der Waals surface area contributed by atoms with Crippen LogP contribution in [0.2, 0.25) is 0 Å². The third-order valence-corrected chi connectivity index (χ3v) is 16.2. The van der Waals surface area contributed by atoms with Gasteiger partial charge in [-0.05, 0) is 107 Å². The number of aliphatic hydroxyl groups is 1. The van der Waals surface area contributed by atoms with Crippen LogP contribution in [0.15, 0.2) is 42.0 Å². The lowest BCUT2D eigenvalue weighted by molar-refractivity contribution is -0.216. The first-order valence-electron chi connectivity index (χ1n) is 18.2. The van der Waals surface area contributed by atoms with Crippen LogP contribution in [-0.2, 0) is 20.8 Å². The first-order chi connectivity index (χ1) is 21.7. The minimum Gasteiger partial charge on any atom is -0.480 e. The molecule has 3 N–H and O–H groups in total. The molecule has 4 fully saturated rings. The lowest BCUT2D eigenvalue weighted by atomic mass is 9.30. The van der Waals surface area contributed by atoms with E-state index in [1.54, 1.807) is 0 Å². The van der Waals surface area contributed by atoms with E-state index >= 15 is 0 Å². The Balaban J connectivity index is 1.38. The number of carbonyl (C=O) groups is 3. The molecule has 258 valence electrons. The SMILES string of the molecule is C[C@H]1C[C@@]2(C)CC[C@](C)(C(=O)NC(Cc3ccccc3)C(=O)O)C[C@@]2(C)C2=CC(=O)[C@@H]3[C@@]4(C)CC[C@H](O)C(C)(C)[C@@H]4CC[C@@]3(C)[C@@]21C. The normalized spacial score (nSPS) is 46.1. The topological polar surface area (TPSA) is 104 Å². The van der Waals surface area contributed by atoms with Crippen molar-refractivity contribution < 1.29 is 24.6 Å². The molecule has 47 heavy (non-hydrogen) atoms. The summed E-state index contributed by atoms with van der Waals surface area (Å²) in [5.74, 6) is -0.472. The highest BCUT2D eigenvalue weighted by molar-refractivity contribution is 5.96. The number of nitrogens with one attached hydrogen (secondary N) is 1. The van der Waals surface area contributed by atoms with E-state index < -0.39 is 22.8 Å². The van der Waals surface area contributed by atoms with Crippen LogP contribution in [0.1, 0.15) is 119 Å². The lowest BCUT2D eigenvalue weighted by Gasteiger charge is -2.74. The number of fused-ring (bicyclic) bond motifs is 7. The summed E-state index contributed by atoms with van der Waals surface area (Å²) in [6.07, 6.45) is 8.62. The molecule has 0 aliphatic heterocycles. The summed E-state index contributed by atoms with van der Waals surface area (Å²) in [5, 5.41) is 24.1. The lowest BCUT2D eigenvalue weighted by Crippen LogP contribution is -2.69. The number of carbonyl (C=O) groups excluding carboxylic acids is 2. The quantitative estimate of drug-likeness (QED) is 0.304. The minimum atomic E-state index is -1.03. The van der Waals surface area contributed by atoms with Gasteiger partial charge in [-0.15, -0.1) is 0 Å². The Bertz CT molecular complexity index is 1500. The minimum absolute atomic E-state index is 0.0880. The van der Waals surface area contributed by atoms with Crippen molar-refractivity contribution in [1.82, 2.24) is 5.32 Å². The summed E-state index contributed by atoms with van der Waals surface area (Å²) in [6, 6.07) is 8.45. The second-order valence-electron chi connectivity index (χ2n) is 18.8. The fourth-order valence-corrected chi connectivity index (χ4v) is 13.0. The van der Waals surface area contributed by atoms with Gasteiger partial charge in [-0.3, -0.25) is 9.59 Å². The van der Waals surface area contributed by atoms with Crippen LogP contribution in [0, 0.1) is 55.7 Å². The molecular weight excluding hydrogens is 586 g/mol. The number of hydrogen-bond donors (Lipinski definition) is 3. The third kappa shape index (κ3) is 4.62. The Labute approximate surface area is 282 Å². The summed E-state index contributed by atoms with van der Waals surface area (Å²) in [5.41, 5.74) is -0.0744. The van der Waals surface area contributed by atoms with Crippen LogP contribution in [-0.4, -0.2) is 40.0 Å². The van der Waals surface area contributed by atoms with Gasteiger partial charge in [0.1, 0.15) is 6.04 Å². The number of benzene rings is 1. The van der Waals surface area contributed by atoms with Crippen LogP contribution in [0.4, 0.5) is 0 Å². The standard InChI is InChI=1S/C41H59NO5/c1-25-23-37(5)20-19-36(4,34(47)42-27(33(45)46)21-26-13-11-10-12-14-26)24-40(37,8)30-22-28(43)32-38(6)17-16-31(44)35(2,3)29(38)15-18-39(32,7)41(25,30)9/h10-14,22,25,27,29,31-32,44H,15-21,23-24H2,1-9H3,(H,42,47)(H,45,46)/t25-,27?,29-,31-,32+,36-,37+,38-,39+,40-,41+/m0/s1. The highest BCUT2D eigenvalue weighted by Gasteiger charge is 2.73. The number of rotatable bonds is 5. The summed E-state index contributed by atoms with van der Waals surface area (Å²) >= 11 is 0. The van der Waals surface area contributed by atoms with E-state index in [1.165, 1.54) is 5.57 Å². The summed E-state index contributed by atoms with van der Waals surface area (Å²) in [7, 11) is 0. The maximum absolute atomic E-state index is 14.8. The number of aliphatic hydroxyl groups excluding tert-OH is 1. The van der Waals surface area contributed by atoms with Crippen LogP contribution >= 0.6 is 0 Å². The van der Waals surface area contributed by atoms with Crippen molar-refractivity contribution in [2.45, 2.75) is 132 Å². The molecule has 5 aliphatic rings. The molecule has 4 saturated carbocycles. The highest BCUT2D eigenvalue weighted by atomic mass is 16.4. The second-order valence-corrected chi connectivity index (χ2v) is 18.8. The Kier molecular flexibility index (Phi) is 7.88. The molecule has 1 amide bonds. The second kappa shape index (κ2) is 10.8. The first-order valence-corrected chi connectivity index (χ1v) is 18.2. The van der Waals surface area contributed by atoms with Gasteiger partial charge < -0.3 is 15.5 Å². The fourth-order valence-electron chi connectivity index (χ4n) is 13.0. The highest BCUT2D eigenvalue weighted by Crippen LogP contribution is 2.78. The molecular formula is C41H59NO5. The predicted octanol–water partition coefficient (Wildman–Crippen LogP) is 7.78. The number of carboxylic acids is 1. The van der Waals surface area contributed by atoms with Crippen molar-refractivity contribution >= 4 is 17.7 Å². The molecule has 6 rings (SSSR count). The van der Waals surface area contributed by atoms with Gasteiger partial charge >= 0.3 is 5.97 Å². The molecule has 0 bridgehead atoms. The largest absolute Gasteiger partial charge is 0.480 e. The maximum atomic E-state index is 14.8. The van der Waals surface area contributed by atoms with Gasteiger partial charge in [0.15, 0.2) is 5.78 Å². The molecule has 5 aliphatic carbocycles. The van der Waals surface area contributed by atoms with Crippen LogP contribution < -0.4 is 5.32 Å². The molecule has 1 aromatic rings.